The molecular weight excluding hydrogens is 388 g/mol. The molecule has 0 bridgehead atoms. The number of carbonyl (C=O) groups is 1. The van der Waals surface area contributed by atoms with Crippen molar-refractivity contribution in [1.82, 2.24) is 0 Å². The average molecular weight is 425 g/mol. The van der Waals surface area contributed by atoms with Gasteiger partial charge in [0.05, 0.1) is 12.2 Å². The quantitative estimate of drug-likeness (QED) is 0.198. The highest BCUT2D eigenvalue weighted by molar-refractivity contribution is 9.10. The van der Waals surface area contributed by atoms with E-state index >= 15 is 0 Å². The molecule has 0 aliphatic carbocycles. The molecule has 0 aliphatic rings. The van der Waals surface area contributed by atoms with E-state index < -0.39 is 0 Å². The van der Waals surface area contributed by atoms with Crippen LogP contribution in [0, 0.1) is 0 Å². The lowest BCUT2D eigenvalue weighted by atomic mass is 10.0. The zero-order valence-electron chi connectivity index (χ0n) is 16.6. The van der Waals surface area contributed by atoms with Gasteiger partial charge in [-0.3, -0.25) is 0 Å². The molecule has 1 rings (SSSR count). The minimum atomic E-state index is -0.216. The van der Waals surface area contributed by atoms with E-state index in [1.54, 1.807) is 12.1 Å². The molecule has 0 amide bonds. The predicted octanol–water partition coefficient (Wildman–Crippen LogP) is 8.09. The highest BCUT2D eigenvalue weighted by atomic mass is 79.9. The van der Waals surface area contributed by atoms with Crippen LogP contribution in [0.1, 0.15) is 107 Å². The second-order valence-electron chi connectivity index (χ2n) is 7.24. The Kier molecular flexibility index (Phi) is 14.6. The lowest BCUT2D eigenvalue weighted by molar-refractivity contribution is 0.0497. The Labute approximate surface area is 169 Å². The number of halogens is 1. The first-order chi connectivity index (χ1) is 12.7. The van der Waals surface area contributed by atoms with Crippen LogP contribution in [0.5, 0.6) is 0 Å². The summed E-state index contributed by atoms with van der Waals surface area (Å²) in [6.07, 6.45) is 18.7. The molecule has 0 aliphatic heterocycles. The summed E-state index contributed by atoms with van der Waals surface area (Å²) in [6, 6.07) is 7.31. The van der Waals surface area contributed by atoms with Gasteiger partial charge in [-0.25, -0.2) is 4.79 Å². The first-order valence-electron chi connectivity index (χ1n) is 10.7. The molecule has 0 atom stereocenters. The molecule has 0 N–H and O–H groups in total. The van der Waals surface area contributed by atoms with Crippen molar-refractivity contribution in [2.45, 2.75) is 96.8 Å². The van der Waals surface area contributed by atoms with Gasteiger partial charge in [0.2, 0.25) is 0 Å². The smallest absolute Gasteiger partial charge is 0.338 e. The molecule has 0 saturated carbocycles. The summed E-state index contributed by atoms with van der Waals surface area (Å²) in [6.45, 7) is 2.81. The van der Waals surface area contributed by atoms with Crippen molar-refractivity contribution in [2.24, 2.45) is 0 Å². The fourth-order valence-electron chi connectivity index (χ4n) is 3.13. The van der Waals surface area contributed by atoms with E-state index in [0.717, 1.165) is 17.3 Å². The van der Waals surface area contributed by atoms with Gasteiger partial charge in [0.25, 0.3) is 0 Å². The molecule has 0 aromatic heterocycles. The molecule has 26 heavy (non-hydrogen) atoms. The molecule has 0 heterocycles. The van der Waals surface area contributed by atoms with Gasteiger partial charge in [0.15, 0.2) is 0 Å². The number of carbonyl (C=O) groups excluding carboxylic acids is 1. The first-order valence-corrected chi connectivity index (χ1v) is 11.5. The van der Waals surface area contributed by atoms with E-state index in [-0.39, 0.29) is 5.97 Å². The second-order valence-corrected chi connectivity index (χ2v) is 8.15. The Bertz CT molecular complexity index is 456. The van der Waals surface area contributed by atoms with Crippen molar-refractivity contribution >= 4 is 21.9 Å². The molecule has 1 aromatic carbocycles. The molecular formula is C23H37BrO2. The van der Waals surface area contributed by atoms with Gasteiger partial charge in [-0.15, -0.1) is 0 Å². The second kappa shape index (κ2) is 16.4. The van der Waals surface area contributed by atoms with Crippen LogP contribution in [0.15, 0.2) is 28.7 Å². The molecule has 3 heteroatoms. The molecule has 1 aromatic rings. The van der Waals surface area contributed by atoms with Crippen LogP contribution >= 0.6 is 15.9 Å². The van der Waals surface area contributed by atoms with Gasteiger partial charge in [0.1, 0.15) is 0 Å². The van der Waals surface area contributed by atoms with Crippen LogP contribution in [0.25, 0.3) is 0 Å². The van der Waals surface area contributed by atoms with E-state index in [1.165, 1.54) is 77.0 Å². The Balaban J connectivity index is 1.82. The predicted molar refractivity (Wildman–Crippen MR) is 115 cm³/mol. The number of esters is 1. The number of hydrogen-bond acceptors (Lipinski definition) is 2. The fraction of sp³-hybridized carbons (Fsp3) is 0.696. The maximum absolute atomic E-state index is 11.9. The van der Waals surface area contributed by atoms with E-state index in [1.807, 2.05) is 12.1 Å². The van der Waals surface area contributed by atoms with E-state index in [4.69, 9.17) is 4.74 Å². The van der Waals surface area contributed by atoms with E-state index in [0.29, 0.717) is 12.2 Å². The third kappa shape index (κ3) is 12.5. The van der Waals surface area contributed by atoms with Crippen molar-refractivity contribution < 1.29 is 9.53 Å². The van der Waals surface area contributed by atoms with Gasteiger partial charge >= 0.3 is 5.97 Å². The van der Waals surface area contributed by atoms with E-state index in [2.05, 4.69) is 22.9 Å². The third-order valence-corrected chi connectivity index (χ3v) is 5.34. The molecule has 0 spiro atoms. The lowest BCUT2D eigenvalue weighted by Crippen LogP contribution is -2.06. The number of ether oxygens (including phenoxy) is 1. The Morgan fingerprint density at radius 1 is 0.731 bits per heavy atom. The third-order valence-electron chi connectivity index (χ3n) is 4.81. The summed E-state index contributed by atoms with van der Waals surface area (Å²) in [5.74, 6) is -0.216. The van der Waals surface area contributed by atoms with Gasteiger partial charge in [-0.1, -0.05) is 106 Å². The number of rotatable bonds is 16. The van der Waals surface area contributed by atoms with Crippen molar-refractivity contribution in [1.29, 1.82) is 0 Å². The summed E-state index contributed by atoms with van der Waals surface area (Å²) in [5, 5.41) is 0. The molecule has 0 saturated heterocycles. The molecule has 0 fully saturated rings. The molecule has 2 nitrogen and oxygen atoms in total. The molecule has 0 radical (unpaired) electrons. The van der Waals surface area contributed by atoms with Crippen LogP contribution in [0.4, 0.5) is 0 Å². The van der Waals surface area contributed by atoms with Crippen molar-refractivity contribution in [3.63, 3.8) is 0 Å². The first kappa shape index (κ1) is 23.2. The van der Waals surface area contributed by atoms with E-state index in [9.17, 15) is 4.79 Å². The topological polar surface area (TPSA) is 26.3 Å². The molecule has 148 valence electrons. The minimum absolute atomic E-state index is 0.216. The van der Waals surface area contributed by atoms with Crippen molar-refractivity contribution in [2.75, 3.05) is 6.61 Å². The monoisotopic (exact) mass is 424 g/mol. The van der Waals surface area contributed by atoms with Gasteiger partial charge in [-0.05, 0) is 30.7 Å². The van der Waals surface area contributed by atoms with Crippen LogP contribution < -0.4 is 0 Å². The Morgan fingerprint density at radius 3 is 1.62 bits per heavy atom. The average Bonchev–Trinajstić information content (AvgIpc) is 2.65. The van der Waals surface area contributed by atoms with Crippen LogP contribution in [0.3, 0.4) is 0 Å². The van der Waals surface area contributed by atoms with Gasteiger partial charge < -0.3 is 4.74 Å². The Hall–Kier alpha value is -0.830. The highest BCUT2D eigenvalue weighted by Crippen LogP contribution is 2.14. The number of benzene rings is 1. The largest absolute Gasteiger partial charge is 0.462 e. The summed E-state index contributed by atoms with van der Waals surface area (Å²) >= 11 is 3.36. The normalized spacial score (nSPS) is 10.8. The summed E-state index contributed by atoms with van der Waals surface area (Å²) in [5.41, 5.74) is 0.624. The van der Waals surface area contributed by atoms with Crippen LogP contribution in [0.2, 0.25) is 0 Å². The summed E-state index contributed by atoms with van der Waals surface area (Å²) in [4.78, 5) is 11.9. The zero-order valence-corrected chi connectivity index (χ0v) is 18.2. The van der Waals surface area contributed by atoms with Crippen molar-refractivity contribution in [3.8, 4) is 0 Å². The van der Waals surface area contributed by atoms with Crippen LogP contribution in [-0.2, 0) is 4.74 Å². The zero-order chi connectivity index (χ0) is 18.9. The van der Waals surface area contributed by atoms with Gasteiger partial charge in [-0.2, -0.15) is 0 Å². The SMILES string of the molecule is CCCCCCCCCCCCCCCCOC(=O)c1ccc(Br)cc1. The van der Waals surface area contributed by atoms with Gasteiger partial charge in [0, 0.05) is 4.47 Å². The number of unbranched alkanes of at least 4 members (excludes halogenated alkanes) is 13. The lowest BCUT2D eigenvalue weighted by Gasteiger charge is -2.05. The highest BCUT2D eigenvalue weighted by Gasteiger charge is 2.05. The fourth-order valence-corrected chi connectivity index (χ4v) is 3.40. The van der Waals surface area contributed by atoms with Crippen molar-refractivity contribution in [3.05, 3.63) is 34.3 Å². The maximum Gasteiger partial charge on any atom is 0.338 e. The molecule has 0 unspecified atom stereocenters. The maximum atomic E-state index is 11.9. The standard InChI is InChI=1S/C23H37BrO2/c1-2-3-4-5-6-7-8-9-10-11-12-13-14-15-20-26-23(25)21-16-18-22(24)19-17-21/h16-19H,2-15,20H2,1H3. The minimum Gasteiger partial charge on any atom is -0.462 e. The number of hydrogen-bond donors (Lipinski definition) is 0. The Morgan fingerprint density at radius 2 is 1.15 bits per heavy atom. The summed E-state index contributed by atoms with van der Waals surface area (Å²) < 4.78 is 6.29. The summed E-state index contributed by atoms with van der Waals surface area (Å²) in [7, 11) is 0. The van der Waals surface area contributed by atoms with Crippen LogP contribution in [-0.4, -0.2) is 12.6 Å².